The van der Waals surface area contributed by atoms with Gasteiger partial charge in [-0.15, -0.1) is 0 Å². The number of anilines is 1. The van der Waals surface area contributed by atoms with E-state index in [2.05, 4.69) is 42.9 Å². The Labute approximate surface area is 154 Å². The van der Waals surface area contributed by atoms with E-state index >= 15 is 0 Å². The minimum Gasteiger partial charge on any atom is -0.493 e. The van der Waals surface area contributed by atoms with Crippen molar-refractivity contribution in [3.63, 3.8) is 0 Å². The highest BCUT2D eigenvalue weighted by Crippen LogP contribution is 2.35. The molecule has 0 amide bonds. The van der Waals surface area contributed by atoms with Crippen LogP contribution >= 0.6 is 15.9 Å². The number of imidazole rings is 1. The zero-order valence-corrected chi connectivity index (χ0v) is 15.9. The Morgan fingerprint density at radius 3 is 2.76 bits per heavy atom. The second-order valence-electron chi connectivity index (χ2n) is 5.28. The first-order chi connectivity index (χ1) is 12.2. The van der Waals surface area contributed by atoms with Gasteiger partial charge in [-0.2, -0.15) is 5.10 Å². The van der Waals surface area contributed by atoms with Crippen LogP contribution < -0.4 is 14.9 Å². The number of nitrogens with one attached hydrogen (secondary N) is 1. The molecule has 0 unspecified atom stereocenters. The molecule has 25 heavy (non-hydrogen) atoms. The standard InChI is InChI=1S/C18H19BrN4O2/c1-4-23-15-8-6-5-7-14(15)21-18(23)22-20-11-12-9-13(19)17(25-3)16(10-12)24-2/h5-11H,4H2,1-3H3,(H,21,22)/b20-11-. The first kappa shape index (κ1) is 17.3. The van der Waals surface area contributed by atoms with E-state index in [-0.39, 0.29) is 0 Å². The lowest BCUT2D eigenvalue weighted by atomic mass is 10.2. The Hall–Kier alpha value is -2.54. The maximum absolute atomic E-state index is 5.35. The molecule has 0 bridgehead atoms. The van der Waals surface area contributed by atoms with Crippen molar-refractivity contribution in [3.05, 3.63) is 46.4 Å². The molecule has 0 saturated heterocycles. The summed E-state index contributed by atoms with van der Waals surface area (Å²) in [6, 6.07) is 11.8. The lowest BCUT2D eigenvalue weighted by Gasteiger charge is -2.10. The molecule has 6 nitrogen and oxygen atoms in total. The Kier molecular flexibility index (Phi) is 5.23. The number of halogens is 1. The molecule has 0 atom stereocenters. The van der Waals surface area contributed by atoms with Crippen molar-refractivity contribution >= 4 is 39.1 Å². The Morgan fingerprint density at radius 2 is 2.04 bits per heavy atom. The molecule has 0 aliphatic heterocycles. The van der Waals surface area contributed by atoms with Crippen LogP contribution in [0.2, 0.25) is 0 Å². The lowest BCUT2D eigenvalue weighted by Crippen LogP contribution is -2.02. The van der Waals surface area contributed by atoms with Gasteiger partial charge in [0.1, 0.15) is 0 Å². The van der Waals surface area contributed by atoms with Gasteiger partial charge < -0.3 is 14.0 Å². The number of para-hydroxylation sites is 2. The van der Waals surface area contributed by atoms with Crippen LogP contribution in [0.1, 0.15) is 12.5 Å². The molecule has 0 radical (unpaired) electrons. The fourth-order valence-electron chi connectivity index (χ4n) is 2.66. The van der Waals surface area contributed by atoms with Gasteiger partial charge in [0.2, 0.25) is 5.95 Å². The minimum absolute atomic E-state index is 0.638. The number of benzene rings is 2. The van der Waals surface area contributed by atoms with Crippen molar-refractivity contribution in [3.8, 4) is 11.5 Å². The van der Waals surface area contributed by atoms with Gasteiger partial charge in [0.05, 0.1) is 35.9 Å². The van der Waals surface area contributed by atoms with Crippen LogP contribution in [0.3, 0.4) is 0 Å². The molecule has 0 fully saturated rings. The van der Waals surface area contributed by atoms with Crippen LogP contribution in [-0.4, -0.2) is 30.0 Å². The molecule has 0 aliphatic rings. The molecule has 3 rings (SSSR count). The molecule has 130 valence electrons. The van der Waals surface area contributed by atoms with Crippen LogP contribution in [0.5, 0.6) is 11.5 Å². The van der Waals surface area contributed by atoms with Gasteiger partial charge in [-0.25, -0.2) is 10.4 Å². The summed E-state index contributed by atoms with van der Waals surface area (Å²) in [5.41, 5.74) is 5.91. The van der Waals surface area contributed by atoms with E-state index in [1.165, 1.54) is 0 Å². The number of hydrogen-bond acceptors (Lipinski definition) is 5. The number of fused-ring (bicyclic) bond motifs is 1. The third-order valence-corrected chi connectivity index (χ3v) is 4.39. The monoisotopic (exact) mass is 402 g/mol. The molecule has 0 spiro atoms. The van der Waals surface area contributed by atoms with Crippen LogP contribution in [0.4, 0.5) is 5.95 Å². The molecule has 3 aromatic rings. The number of ether oxygens (including phenoxy) is 2. The highest BCUT2D eigenvalue weighted by molar-refractivity contribution is 9.10. The van der Waals surface area contributed by atoms with E-state index < -0.39 is 0 Å². The van der Waals surface area contributed by atoms with E-state index in [1.54, 1.807) is 20.4 Å². The number of methoxy groups -OCH3 is 2. The fourth-order valence-corrected chi connectivity index (χ4v) is 3.28. The topological polar surface area (TPSA) is 60.7 Å². The fraction of sp³-hybridized carbons (Fsp3) is 0.222. The van der Waals surface area contributed by atoms with Crippen molar-refractivity contribution in [2.75, 3.05) is 19.6 Å². The first-order valence-corrected chi connectivity index (χ1v) is 8.63. The van der Waals surface area contributed by atoms with Gasteiger partial charge in [-0.1, -0.05) is 12.1 Å². The highest BCUT2D eigenvalue weighted by atomic mass is 79.9. The van der Waals surface area contributed by atoms with Crippen LogP contribution in [0.15, 0.2) is 46.0 Å². The molecule has 1 heterocycles. The zero-order chi connectivity index (χ0) is 17.8. The lowest BCUT2D eigenvalue weighted by molar-refractivity contribution is 0.353. The highest BCUT2D eigenvalue weighted by Gasteiger charge is 2.10. The van der Waals surface area contributed by atoms with E-state index in [0.29, 0.717) is 17.4 Å². The van der Waals surface area contributed by atoms with Gasteiger partial charge in [-0.3, -0.25) is 0 Å². The molecule has 2 aromatic carbocycles. The van der Waals surface area contributed by atoms with Gasteiger partial charge in [0.15, 0.2) is 11.5 Å². The van der Waals surface area contributed by atoms with E-state index in [4.69, 9.17) is 9.47 Å². The Bertz CT molecular complexity index is 921. The van der Waals surface area contributed by atoms with Crippen molar-refractivity contribution in [1.29, 1.82) is 0 Å². The Morgan fingerprint density at radius 1 is 1.24 bits per heavy atom. The summed E-state index contributed by atoms with van der Waals surface area (Å²) in [6.45, 7) is 2.88. The smallest absolute Gasteiger partial charge is 0.224 e. The third-order valence-electron chi connectivity index (χ3n) is 3.80. The summed E-state index contributed by atoms with van der Waals surface area (Å²) in [6.07, 6.45) is 1.71. The van der Waals surface area contributed by atoms with Gasteiger partial charge in [0, 0.05) is 6.54 Å². The summed E-state index contributed by atoms with van der Waals surface area (Å²) < 4.78 is 13.5. The van der Waals surface area contributed by atoms with Gasteiger partial charge in [0.25, 0.3) is 0 Å². The predicted molar refractivity (Wildman–Crippen MR) is 104 cm³/mol. The molecule has 1 aromatic heterocycles. The van der Waals surface area contributed by atoms with E-state index in [0.717, 1.165) is 27.6 Å². The number of rotatable bonds is 6. The molecule has 0 aliphatic carbocycles. The predicted octanol–water partition coefficient (Wildman–Crippen LogP) is 4.28. The summed E-state index contributed by atoms with van der Waals surface area (Å²) >= 11 is 3.48. The van der Waals surface area contributed by atoms with Crippen LogP contribution in [0.25, 0.3) is 11.0 Å². The normalized spacial score (nSPS) is 11.2. The Balaban J connectivity index is 1.85. The van der Waals surface area contributed by atoms with E-state index in [9.17, 15) is 0 Å². The van der Waals surface area contributed by atoms with Crippen LogP contribution in [0, 0.1) is 0 Å². The maximum atomic E-state index is 5.35. The number of hydrazone groups is 1. The van der Waals surface area contributed by atoms with Crippen molar-refractivity contribution in [1.82, 2.24) is 9.55 Å². The first-order valence-electron chi connectivity index (χ1n) is 7.83. The van der Waals surface area contributed by atoms with Crippen molar-refractivity contribution in [2.24, 2.45) is 5.10 Å². The summed E-state index contributed by atoms with van der Waals surface area (Å²) in [4.78, 5) is 4.58. The second-order valence-corrected chi connectivity index (χ2v) is 6.13. The number of aromatic nitrogens is 2. The van der Waals surface area contributed by atoms with Crippen LogP contribution in [-0.2, 0) is 6.54 Å². The average molecular weight is 403 g/mol. The molecular formula is C18H19BrN4O2. The number of hydrogen-bond donors (Lipinski definition) is 1. The average Bonchev–Trinajstić information content (AvgIpc) is 2.98. The zero-order valence-electron chi connectivity index (χ0n) is 14.3. The molecule has 1 N–H and O–H groups in total. The quantitative estimate of drug-likeness (QED) is 0.493. The van der Waals surface area contributed by atoms with E-state index in [1.807, 2.05) is 36.4 Å². The molecule has 0 saturated carbocycles. The molecule has 7 heteroatoms. The molecular weight excluding hydrogens is 384 g/mol. The van der Waals surface area contributed by atoms with Crippen molar-refractivity contribution < 1.29 is 9.47 Å². The SMILES string of the molecule is CCn1c(N/N=C\c2cc(Br)c(OC)c(OC)c2)nc2ccccc21. The summed E-state index contributed by atoms with van der Waals surface area (Å²) in [7, 11) is 3.21. The van der Waals surface area contributed by atoms with Gasteiger partial charge in [-0.05, 0) is 52.7 Å². The number of nitrogens with zero attached hydrogens (tertiary/aromatic N) is 3. The summed E-state index contributed by atoms with van der Waals surface area (Å²) in [5, 5.41) is 4.31. The largest absolute Gasteiger partial charge is 0.493 e. The summed E-state index contributed by atoms with van der Waals surface area (Å²) in [5.74, 6) is 2.00. The third kappa shape index (κ3) is 3.46. The van der Waals surface area contributed by atoms with Crippen molar-refractivity contribution in [2.45, 2.75) is 13.5 Å². The second kappa shape index (κ2) is 7.57. The van der Waals surface area contributed by atoms with Gasteiger partial charge >= 0.3 is 0 Å². The number of aryl methyl sites for hydroxylation is 1. The maximum Gasteiger partial charge on any atom is 0.224 e. The minimum atomic E-state index is 0.638.